The summed E-state index contributed by atoms with van der Waals surface area (Å²) in [5.41, 5.74) is 0. The SMILES string of the molecule is COCCN(CCCOc1ncccc1Cl)CCOC. The second-order valence-electron chi connectivity index (χ2n) is 4.32. The van der Waals surface area contributed by atoms with E-state index >= 15 is 0 Å². The molecule has 0 saturated heterocycles. The summed E-state index contributed by atoms with van der Waals surface area (Å²) in [5, 5.41) is 0.545. The lowest BCUT2D eigenvalue weighted by molar-refractivity contribution is 0.110. The number of aromatic nitrogens is 1. The maximum atomic E-state index is 5.97. The molecule has 0 radical (unpaired) electrons. The van der Waals surface area contributed by atoms with Crippen molar-refractivity contribution < 1.29 is 14.2 Å². The summed E-state index contributed by atoms with van der Waals surface area (Å²) in [4.78, 5) is 6.37. The van der Waals surface area contributed by atoms with Gasteiger partial charge in [-0.1, -0.05) is 11.6 Å². The zero-order chi connectivity index (χ0) is 14.6. The molecule has 1 aromatic heterocycles. The smallest absolute Gasteiger partial charge is 0.232 e. The van der Waals surface area contributed by atoms with Crippen molar-refractivity contribution in [3.05, 3.63) is 23.4 Å². The molecule has 0 bridgehead atoms. The highest BCUT2D eigenvalue weighted by atomic mass is 35.5. The molecule has 0 saturated carbocycles. The lowest BCUT2D eigenvalue weighted by atomic mass is 10.4. The predicted octanol–water partition coefficient (Wildman–Crippen LogP) is 2.10. The minimum Gasteiger partial charge on any atom is -0.477 e. The second-order valence-corrected chi connectivity index (χ2v) is 4.73. The van der Waals surface area contributed by atoms with Gasteiger partial charge in [0.25, 0.3) is 0 Å². The maximum Gasteiger partial charge on any atom is 0.232 e. The van der Waals surface area contributed by atoms with Crippen LogP contribution in [0.15, 0.2) is 18.3 Å². The molecule has 0 amide bonds. The Labute approximate surface area is 125 Å². The topological polar surface area (TPSA) is 43.8 Å². The van der Waals surface area contributed by atoms with E-state index in [-0.39, 0.29) is 0 Å². The summed E-state index contributed by atoms with van der Waals surface area (Å²) < 4.78 is 15.8. The summed E-state index contributed by atoms with van der Waals surface area (Å²) in [6.45, 7) is 4.74. The quantitative estimate of drug-likeness (QED) is 0.586. The molecular weight excluding hydrogens is 280 g/mol. The van der Waals surface area contributed by atoms with Crippen LogP contribution in [-0.4, -0.2) is 63.6 Å². The number of ether oxygens (including phenoxy) is 3. The standard InChI is InChI=1S/C14H23ClN2O3/c1-18-11-8-17(9-12-19-2)7-4-10-20-14-13(15)5-3-6-16-14/h3,5-6H,4,7-12H2,1-2H3. The molecule has 0 aromatic carbocycles. The van der Waals surface area contributed by atoms with Crippen LogP contribution < -0.4 is 4.74 Å². The van der Waals surface area contributed by atoms with Gasteiger partial charge in [-0.05, 0) is 18.6 Å². The monoisotopic (exact) mass is 302 g/mol. The normalized spacial score (nSPS) is 11.0. The minimum atomic E-state index is 0.495. The zero-order valence-corrected chi connectivity index (χ0v) is 12.9. The van der Waals surface area contributed by atoms with Crippen molar-refractivity contribution >= 4 is 11.6 Å². The third-order valence-electron chi connectivity index (χ3n) is 2.81. The fraction of sp³-hybridized carbons (Fsp3) is 0.643. The van der Waals surface area contributed by atoms with E-state index in [9.17, 15) is 0 Å². The maximum absolute atomic E-state index is 5.97. The first-order valence-electron chi connectivity index (χ1n) is 6.71. The van der Waals surface area contributed by atoms with Gasteiger partial charge in [0.05, 0.1) is 19.8 Å². The van der Waals surface area contributed by atoms with Crippen molar-refractivity contribution in [3.8, 4) is 5.88 Å². The van der Waals surface area contributed by atoms with E-state index in [4.69, 9.17) is 25.8 Å². The Hall–Kier alpha value is -0.880. The Morgan fingerprint density at radius 3 is 2.40 bits per heavy atom. The molecule has 0 fully saturated rings. The summed E-state index contributed by atoms with van der Waals surface area (Å²) in [6, 6.07) is 3.56. The van der Waals surface area contributed by atoms with Crippen LogP contribution in [0.5, 0.6) is 5.88 Å². The number of rotatable bonds is 11. The van der Waals surface area contributed by atoms with Gasteiger partial charge in [0, 0.05) is 40.1 Å². The fourth-order valence-corrected chi connectivity index (χ4v) is 1.89. The van der Waals surface area contributed by atoms with Gasteiger partial charge in [0.15, 0.2) is 0 Å². The average Bonchev–Trinajstić information content (AvgIpc) is 2.47. The number of hydrogen-bond acceptors (Lipinski definition) is 5. The van der Waals surface area contributed by atoms with Crippen molar-refractivity contribution in [1.82, 2.24) is 9.88 Å². The van der Waals surface area contributed by atoms with Gasteiger partial charge in [-0.15, -0.1) is 0 Å². The first-order chi connectivity index (χ1) is 9.77. The van der Waals surface area contributed by atoms with E-state index in [2.05, 4.69) is 9.88 Å². The molecule has 0 aliphatic heterocycles. The molecule has 0 N–H and O–H groups in total. The number of hydrogen-bond donors (Lipinski definition) is 0. The molecule has 0 atom stereocenters. The molecule has 114 valence electrons. The number of nitrogens with zero attached hydrogens (tertiary/aromatic N) is 2. The van der Waals surface area contributed by atoms with Crippen LogP contribution in [0.2, 0.25) is 5.02 Å². The van der Waals surface area contributed by atoms with Crippen LogP contribution in [-0.2, 0) is 9.47 Å². The highest BCUT2D eigenvalue weighted by Crippen LogP contribution is 2.19. The number of methoxy groups -OCH3 is 2. The Kier molecular flexibility index (Phi) is 9.32. The molecule has 0 spiro atoms. The van der Waals surface area contributed by atoms with E-state index in [1.54, 1.807) is 32.5 Å². The molecule has 0 aliphatic rings. The predicted molar refractivity (Wildman–Crippen MR) is 79.6 cm³/mol. The van der Waals surface area contributed by atoms with Crippen LogP contribution in [0.1, 0.15) is 6.42 Å². The molecule has 0 unspecified atom stereocenters. The molecule has 20 heavy (non-hydrogen) atoms. The van der Waals surface area contributed by atoms with Crippen molar-refractivity contribution in [2.45, 2.75) is 6.42 Å². The molecular formula is C14H23ClN2O3. The van der Waals surface area contributed by atoms with Gasteiger partial charge in [0.2, 0.25) is 5.88 Å². The van der Waals surface area contributed by atoms with E-state index in [1.807, 2.05) is 0 Å². The van der Waals surface area contributed by atoms with E-state index < -0.39 is 0 Å². The third-order valence-corrected chi connectivity index (χ3v) is 3.09. The molecule has 1 aromatic rings. The molecule has 0 aliphatic carbocycles. The van der Waals surface area contributed by atoms with E-state index in [0.29, 0.717) is 17.5 Å². The van der Waals surface area contributed by atoms with Crippen molar-refractivity contribution in [1.29, 1.82) is 0 Å². The fourth-order valence-electron chi connectivity index (χ4n) is 1.71. The van der Waals surface area contributed by atoms with E-state index in [1.165, 1.54) is 0 Å². The van der Waals surface area contributed by atoms with Crippen LogP contribution >= 0.6 is 11.6 Å². The minimum absolute atomic E-state index is 0.495. The molecule has 6 heteroatoms. The number of pyridine rings is 1. The van der Waals surface area contributed by atoms with E-state index in [0.717, 1.165) is 39.3 Å². The first-order valence-corrected chi connectivity index (χ1v) is 7.09. The molecule has 1 heterocycles. The molecule has 5 nitrogen and oxygen atoms in total. The highest BCUT2D eigenvalue weighted by molar-refractivity contribution is 6.31. The Balaban J connectivity index is 2.23. The van der Waals surface area contributed by atoms with Gasteiger partial charge < -0.3 is 14.2 Å². The summed E-state index contributed by atoms with van der Waals surface area (Å²) in [7, 11) is 3.42. The van der Waals surface area contributed by atoms with Gasteiger partial charge in [0.1, 0.15) is 5.02 Å². The Morgan fingerprint density at radius 1 is 1.10 bits per heavy atom. The second kappa shape index (κ2) is 10.9. The van der Waals surface area contributed by atoms with Gasteiger partial charge in [-0.3, -0.25) is 4.90 Å². The summed E-state index contributed by atoms with van der Waals surface area (Å²) in [6.07, 6.45) is 2.57. The Bertz CT molecular complexity index is 358. The zero-order valence-electron chi connectivity index (χ0n) is 12.2. The Morgan fingerprint density at radius 2 is 1.80 bits per heavy atom. The number of halogens is 1. The highest BCUT2D eigenvalue weighted by Gasteiger charge is 2.05. The molecule has 1 rings (SSSR count). The lowest BCUT2D eigenvalue weighted by Gasteiger charge is -2.21. The van der Waals surface area contributed by atoms with Gasteiger partial charge in [-0.25, -0.2) is 4.98 Å². The average molecular weight is 303 g/mol. The summed E-state index contributed by atoms with van der Waals surface area (Å²) in [5.74, 6) is 0.495. The van der Waals surface area contributed by atoms with Crippen LogP contribution in [0, 0.1) is 0 Å². The van der Waals surface area contributed by atoms with Crippen molar-refractivity contribution in [3.63, 3.8) is 0 Å². The lowest BCUT2D eigenvalue weighted by Crippen LogP contribution is -2.32. The third kappa shape index (κ3) is 7.05. The van der Waals surface area contributed by atoms with Crippen molar-refractivity contribution in [2.24, 2.45) is 0 Å². The van der Waals surface area contributed by atoms with Gasteiger partial charge >= 0.3 is 0 Å². The van der Waals surface area contributed by atoms with Crippen LogP contribution in [0.25, 0.3) is 0 Å². The summed E-state index contributed by atoms with van der Waals surface area (Å²) >= 11 is 5.97. The van der Waals surface area contributed by atoms with Crippen LogP contribution in [0.4, 0.5) is 0 Å². The first kappa shape index (κ1) is 17.2. The van der Waals surface area contributed by atoms with Crippen molar-refractivity contribution in [2.75, 3.05) is 53.7 Å². The van der Waals surface area contributed by atoms with Gasteiger partial charge in [-0.2, -0.15) is 0 Å². The largest absolute Gasteiger partial charge is 0.477 e. The van der Waals surface area contributed by atoms with Crippen LogP contribution in [0.3, 0.4) is 0 Å².